The Labute approximate surface area is 195 Å². The maximum absolute atomic E-state index is 13.9. The second kappa shape index (κ2) is 8.27. The first-order chi connectivity index (χ1) is 16.1. The van der Waals surface area contributed by atoms with Crippen LogP contribution < -0.4 is 10.1 Å². The fourth-order valence-corrected chi connectivity index (χ4v) is 6.48. The Hall–Kier alpha value is -2.12. The lowest BCUT2D eigenvalue weighted by molar-refractivity contribution is -0.159. The number of hydrogen-bond acceptors (Lipinski definition) is 5. The maximum Gasteiger partial charge on any atom is 0.246 e. The van der Waals surface area contributed by atoms with Gasteiger partial charge in [0.25, 0.3) is 0 Å². The van der Waals surface area contributed by atoms with E-state index in [1.807, 2.05) is 11.0 Å². The summed E-state index contributed by atoms with van der Waals surface area (Å²) in [5.74, 6) is 1.45. The zero-order valence-corrected chi connectivity index (χ0v) is 19.2. The number of rotatable bonds is 0. The van der Waals surface area contributed by atoms with E-state index in [0.717, 1.165) is 57.1 Å². The van der Waals surface area contributed by atoms with Crippen LogP contribution in [0, 0.1) is 5.41 Å². The molecule has 2 saturated heterocycles. The predicted octanol–water partition coefficient (Wildman–Crippen LogP) is 2.78. The summed E-state index contributed by atoms with van der Waals surface area (Å²) in [6, 6.07) is 8.13. The second-order valence-corrected chi connectivity index (χ2v) is 10.7. The summed E-state index contributed by atoms with van der Waals surface area (Å²) < 4.78 is 18.6. The fourth-order valence-electron chi connectivity index (χ4n) is 6.48. The van der Waals surface area contributed by atoms with Gasteiger partial charge >= 0.3 is 0 Å². The van der Waals surface area contributed by atoms with Crippen LogP contribution in [0.1, 0.15) is 62.8 Å². The van der Waals surface area contributed by atoms with Crippen molar-refractivity contribution >= 4 is 11.8 Å². The minimum Gasteiger partial charge on any atom is -0.492 e. The topological polar surface area (TPSA) is 77.1 Å². The summed E-state index contributed by atoms with van der Waals surface area (Å²) in [6.45, 7) is 2.07. The van der Waals surface area contributed by atoms with Gasteiger partial charge in [-0.1, -0.05) is 18.2 Å². The van der Waals surface area contributed by atoms with Crippen LogP contribution in [-0.2, 0) is 19.1 Å². The molecule has 0 unspecified atom stereocenters. The number of fused-ring (bicyclic) bond motifs is 4. The number of amides is 2. The van der Waals surface area contributed by atoms with Crippen LogP contribution in [0.5, 0.6) is 5.75 Å². The van der Waals surface area contributed by atoms with Crippen LogP contribution in [0.25, 0.3) is 0 Å². The summed E-state index contributed by atoms with van der Waals surface area (Å²) in [4.78, 5) is 28.3. The maximum atomic E-state index is 13.9. The molecule has 2 aliphatic carbocycles. The number of carbonyl (C=O) groups is 2. The highest BCUT2D eigenvalue weighted by Crippen LogP contribution is 2.50. The van der Waals surface area contributed by atoms with E-state index in [1.54, 1.807) is 0 Å². The number of carbonyl (C=O) groups excluding carboxylic acids is 2. The van der Waals surface area contributed by atoms with Crippen molar-refractivity contribution in [1.82, 2.24) is 10.2 Å². The molecule has 6 aliphatic rings. The van der Waals surface area contributed by atoms with Crippen LogP contribution in [0.2, 0.25) is 0 Å². The lowest BCUT2D eigenvalue weighted by atomic mass is 9.79. The molecule has 2 atom stereocenters. The van der Waals surface area contributed by atoms with Crippen molar-refractivity contribution in [3.05, 3.63) is 29.8 Å². The first-order valence-corrected chi connectivity index (χ1v) is 12.6. The zero-order chi connectivity index (χ0) is 22.5. The van der Waals surface area contributed by atoms with Crippen molar-refractivity contribution in [2.45, 2.75) is 75.0 Å². The van der Waals surface area contributed by atoms with Gasteiger partial charge in [-0.15, -0.1) is 0 Å². The highest BCUT2D eigenvalue weighted by molar-refractivity contribution is 5.86. The highest BCUT2D eigenvalue weighted by Gasteiger charge is 2.57. The normalized spacial score (nSPS) is 35.9. The summed E-state index contributed by atoms with van der Waals surface area (Å²) in [7, 11) is 0. The van der Waals surface area contributed by atoms with Gasteiger partial charge in [0.1, 0.15) is 19.0 Å². The third kappa shape index (κ3) is 3.83. The Balaban J connectivity index is 1.34. The average molecular weight is 455 g/mol. The number of ether oxygens (including phenoxy) is 3. The van der Waals surface area contributed by atoms with Crippen molar-refractivity contribution in [2.75, 3.05) is 33.0 Å². The molecule has 0 radical (unpaired) electrons. The third-order valence-electron chi connectivity index (χ3n) is 8.61. The smallest absolute Gasteiger partial charge is 0.246 e. The number of piperidine rings is 1. The number of nitrogens with zero attached hydrogens (tertiary/aromatic N) is 1. The fraction of sp³-hybridized carbons (Fsp3) is 0.692. The van der Waals surface area contributed by atoms with E-state index in [-0.39, 0.29) is 30.6 Å². The molecule has 1 aromatic carbocycles. The van der Waals surface area contributed by atoms with E-state index in [0.29, 0.717) is 32.3 Å². The Morgan fingerprint density at radius 1 is 1.00 bits per heavy atom. The van der Waals surface area contributed by atoms with Crippen molar-refractivity contribution in [2.24, 2.45) is 5.41 Å². The van der Waals surface area contributed by atoms with Gasteiger partial charge in [0.15, 0.2) is 0 Å². The first-order valence-electron chi connectivity index (χ1n) is 12.6. The lowest BCUT2D eigenvalue weighted by Gasteiger charge is -2.52. The average Bonchev–Trinajstić information content (AvgIpc) is 3.63. The lowest BCUT2D eigenvalue weighted by Crippen LogP contribution is -2.72. The molecule has 4 aliphatic heterocycles. The monoisotopic (exact) mass is 454 g/mol. The van der Waals surface area contributed by atoms with Gasteiger partial charge in [-0.25, -0.2) is 0 Å². The van der Waals surface area contributed by atoms with Gasteiger partial charge in [0, 0.05) is 6.54 Å². The van der Waals surface area contributed by atoms with Crippen molar-refractivity contribution in [1.29, 1.82) is 0 Å². The molecule has 4 fully saturated rings. The number of nitrogens with one attached hydrogen (secondary N) is 1. The SMILES string of the molecule is O=C1COC[C@@]2(CCCN3C(=O)C4(CC4)COc4ccccc4[C@H]4CC[C@H](CC4)OC[C@H]32)N1. The van der Waals surface area contributed by atoms with Crippen LogP contribution in [0.15, 0.2) is 24.3 Å². The standard InChI is InChI=1S/C26H34N2O5/c29-23-15-31-17-26(27-23)10-3-13-28-22(26)14-32-19-8-6-18(7-9-19)20-4-1-2-5-21(20)33-16-25(11-12-25)24(28)30/h1-2,4-5,18-19,22H,3,6-17H2,(H,27,29)/t18-,19+,22-,26+/m0/s1. The molecule has 2 bridgehead atoms. The van der Waals surface area contributed by atoms with E-state index >= 15 is 0 Å². The van der Waals surface area contributed by atoms with E-state index in [2.05, 4.69) is 23.5 Å². The van der Waals surface area contributed by atoms with Crippen LogP contribution in [-0.4, -0.2) is 67.4 Å². The molecule has 2 spiro atoms. The summed E-state index contributed by atoms with van der Waals surface area (Å²) in [5, 5.41) is 3.22. The van der Waals surface area contributed by atoms with E-state index in [9.17, 15) is 9.59 Å². The molecule has 2 amide bonds. The molecular formula is C26H34N2O5. The molecule has 7 nitrogen and oxygen atoms in total. The Kier molecular flexibility index (Phi) is 5.37. The van der Waals surface area contributed by atoms with E-state index in [1.165, 1.54) is 5.56 Å². The third-order valence-corrected chi connectivity index (χ3v) is 8.61. The van der Waals surface area contributed by atoms with E-state index < -0.39 is 11.0 Å². The largest absolute Gasteiger partial charge is 0.492 e. The van der Waals surface area contributed by atoms with Crippen LogP contribution in [0.3, 0.4) is 0 Å². The van der Waals surface area contributed by atoms with Gasteiger partial charge in [0.2, 0.25) is 11.8 Å². The Bertz CT molecular complexity index is 919. The van der Waals surface area contributed by atoms with Crippen LogP contribution in [0.4, 0.5) is 0 Å². The summed E-state index contributed by atoms with van der Waals surface area (Å²) in [6.07, 6.45) is 7.68. The van der Waals surface area contributed by atoms with Crippen molar-refractivity contribution in [3.8, 4) is 5.75 Å². The summed E-state index contributed by atoms with van der Waals surface area (Å²) >= 11 is 0. The van der Waals surface area contributed by atoms with Gasteiger partial charge in [-0.05, 0) is 68.9 Å². The molecule has 0 aromatic heterocycles. The number of hydrogen-bond donors (Lipinski definition) is 1. The highest BCUT2D eigenvalue weighted by atomic mass is 16.5. The Morgan fingerprint density at radius 2 is 1.82 bits per heavy atom. The molecule has 33 heavy (non-hydrogen) atoms. The summed E-state index contributed by atoms with van der Waals surface area (Å²) in [5.41, 5.74) is 0.237. The molecule has 7 rings (SSSR count). The van der Waals surface area contributed by atoms with Gasteiger partial charge < -0.3 is 24.4 Å². The zero-order valence-electron chi connectivity index (χ0n) is 19.2. The van der Waals surface area contributed by atoms with Crippen molar-refractivity contribution < 1.29 is 23.8 Å². The van der Waals surface area contributed by atoms with Gasteiger partial charge in [0.05, 0.1) is 36.3 Å². The molecule has 1 aromatic rings. The van der Waals surface area contributed by atoms with Gasteiger partial charge in [-0.3, -0.25) is 9.59 Å². The molecule has 178 valence electrons. The quantitative estimate of drug-likeness (QED) is 0.652. The predicted molar refractivity (Wildman–Crippen MR) is 121 cm³/mol. The minimum absolute atomic E-state index is 0.0878. The van der Waals surface area contributed by atoms with Crippen molar-refractivity contribution in [3.63, 3.8) is 0 Å². The first kappa shape index (κ1) is 21.4. The minimum atomic E-state index is -0.568. The van der Waals surface area contributed by atoms with Gasteiger partial charge in [-0.2, -0.15) is 0 Å². The molecule has 4 heterocycles. The molecule has 1 N–H and O–H groups in total. The number of para-hydroxylation sites is 1. The second-order valence-electron chi connectivity index (χ2n) is 10.7. The molecule has 2 saturated carbocycles. The molecule has 7 heteroatoms. The van der Waals surface area contributed by atoms with Crippen LogP contribution >= 0.6 is 0 Å². The molecular weight excluding hydrogens is 420 g/mol. The number of benzene rings is 1. The van der Waals surface area contributed by atoms with E-state index in [4.69, 9.17) is 14.2 Å². The Morgan fingerprint density at radius 3 is 2.61 bits per heavy atom. The number of morpholine rings is 1.